The molecule has 1 amide bonds. The predicted octanol–water partition coefficient (Wildman–Crippen LogP) is 4.71. The molecule has 7 heteroatoms. The lowest BCUT2D eigenvalue weighted by Gasteiger charge is -2.27. The molecule has 4 rings (SSSR count). The van der Waals surface area contributed by atoms with Crippen molar-refractivity contribution in [3.8, 4) is 5.75 Å². The van der Waals surface area contributed by atoms with Crippen LogP contribution in [0.1, 0.15) is 40.2 Å². The second-order valence-electron chi connectivity index (χ2n) is 7.19. The number of amides is 1. The van der Waals surface area contributed by atoms with E-state index < -0.39 is 17.7 Å². The number of thiophene rings is 1. The maximum absolute atomic E-state index is 13.3. The largest absolute Gasteiger partial charge is 0.503 e. The number of rotatable bonds is 8. The van der Waals surface area contributed by atoms with Gasteiger partial charge in [0.2, 0.25) is 5.78 Å². The van der Waals surface area contributed by atoms with E-state index in [4.69, 9.17) is 4.74 Å². The molecule has 0 fully saturated rings. The number of aromatic nitrogens is 1. The Kier molecular flexibility index (Phi) is 6.13. The molecule has 0 saturated carbocycles. The molecule has 0 radical (unpaired) electrons. The number of aliphatic hydroxyl groups is 1. The molecule has 158 valence electrons. The Morgan fingerprint density at radius 3 is 2.81 bits per heavy atom. The van der Waals surface area contributed by atoms with Crippen LogP contribution in [0.4, 0.5) is 0 Å². The van der Waals surface area contributed by atoms with E-state index in [9.17, 15) is 14.7 Å². The van der Waals surface area contributed by atoms with E-state index in [1.54, 1.807) is 36.0 Å². The zero-order valence-corrected chi connectivity index (χ0v) is 17.8. The molecular weight excluding hydrogens is 412 g/mol. The molecule has 0 bridgehead atoms. The first kappa shape index (κ1) is 20.8. The van der Waals surface area contributed by atoms with Gasteiger partial charge in [0.05, 0.1) is 23.1 Å². The standard InChI is InChI=1S/C24H22N2O4S/c1-2-11-30-18-8-3-7-17(13-18)21-20(22(27)19-9-5-12-31-19)23(28)24(29)26(21)15-16-6-4-10-25-14-16/h3-10,12-14,21,28H,2,11,15H2,1H3/t21-/m0/s1. The van der Waals surface area contributed by atoms with Gasteiger partial charge in [-0.3, -0.25) is 14.6 Å². The van der Waals surface area contributed by atoms with E-state index in [0.717, 1.165) is 12.0 Å². The highest BCUT2D eigenvalue weighted by Crippen LogP contribution is 2.41. The van der Waals surface area contributed by atoms with Crippen LogP contribution in [0.3, 0.4) is 0 Å². The zero-order valence-electron chi connectivity index (χ0n) is 17.0. The van der Waals surface area contributed by atoms with Gasteiger partial charge in [-0.25, -0.2) is 0 Å². The third-order valence-corrected chi connectivity index (χ3v) is 5.88. The maximum atomic E-state index is 13.3. The van der Waals surface area contributed by atoms with Gasteiger partial charge in [0.25, 0.3) is 5.91 Å². The SMILES string of the molecule is CCCOc1cccc([C@H]2C(C(=O)c3cccs3)=C(O)C(=O)N2Cc2cccnc2)c1. The summed E-state index contributed by atoms with van der Waals surface area (Å²) in [4.78, 5) is 32.4. The van der Waals surface area contributed by atoms with E-state index in [-0.39, 0.29) is 17.9 Å². The Balaban J connectivity index is 1.77. The Hall–Kier alpha value is -3.45. The van der Waals surface area contributed by atoms with Gasteiger partial charge >= 0.3 is 0 Å². The molecule has 1 atom stereocenters. The molecule has 0 saturated heterocycles. The predicted molar refractivity (Wildman–Crippen MR) is 118 cm³/mol. The Labute approximate surface area is 184 Å². The highest BCUT2D eigenvalue weighted by Gasteiger charge is 2.44. The minimum atomic E-state index is -0.729. The quantitative estimate of drug-likeness (QED) is 0.520. The molecule has 0 spiro atoms. The molecule has 3 heterocycles. The second-order valence-corrected chi connectivity index (χ2v) is 8.13. The second kappa shape index (κ2) is 9.14. The summed E-state index contributed by atoms with van der Waals surface area (Å²) in [5.74, 6) is -0.775. The summed E-state index contributed by atoms with van der Waals surface area (Å²) in [7, 11) is 0. The number of pyridine rings is 1. The number of carbonyl (C=O) groups excluding carboxylic acids is 2. The number of Topliss-reactive ketones (excluding diaryl/α,β-unsaturated/α-hetero) is 1. The van der Waals surface area contributed by atoms with Crippen LogP contribution in [0.2, 0.25) is 0 Å². The fourth-order valence-electron chi connectivity index (χ4n) is 3.62. The summed E-state index contributed by atoms with van der Waals surface area (Å²) < 4.78 is 5.76. The van der Waals surface area contributed by atoms with E-state index in [2.05, 4.69) is 4.98 Å². The van der Waals surface area contributed by atoms with Gasteiger partial charge in [-0.15, -0.1) is 11.3 Å². The monoisotopic (exact) mass is 434 g/mol. The van der Waals surface area contributed by atoms with Gasteiger partial charge in [0.1, 0.15) is 5.75 Å². The topological polar surface area (TPSA) is 79.7 Å². The van der Waals surface area contributed by atoms with Gasteiger partial charge in [-0.1, -0.05) is 31.2 Å². The molecule has 1 aliphatic heterocycles. The molecule has 1 aliphatic rings. The number of ether oxygens (including phenoxy) is 1. The first-order valence-electron chi connectivity index (χ1n) is 10.0. The van der Waals surface area contributed by atoms with Crippen molar-refractivity contribution >= 4 is 23.0 Å². The lowest BCUT2D eigenvalue weighted by molar-refractivity contribution is -0.130. The van der Waals surface area contributed by atoms with Crippen LogP contribution in [-0.2, 0) is 11.3 Å². The van der Waals surface area contributed by atoms with Gasteiger partial charge in [-0.2, -0.15) is 0 Å². The summed E-state index contributed by atoms with van der Waals surface area (Å²) in [5.41, 5.74) is 1.59. The Morgan fingerprint density at radius 2 is 2.10 bits per heavy atom. The normalized spacial score (nSPS) is 16.1. The van der Waals surface area contributed by atoms with Gasteiger partial charge in [0, 0.05) is 18.9 Å². The van der Waals surface area contributed by atoms with Crippen LogP contribution in [-0.4, -0.2) is 33.3 Å². The Bertz CT molecular complexity index is 1110. The molecule has 0 aliphatic carbocycles. The molecule has 31 heavy (non-hydrogen) atoms. The lowest BCUT2D eigenvalue weighted by atomic mass is 9.95. The van der Waals surface area contributed by atoms with Crippen molar-refractivity contribution in [2.75, 3.05) is 6.61 Å². The van der Waals surface area contributed by atoms with Crippen molar-refractivity contribution < 1.29 is 19.4 Å². The van der Waals surface area contributed by atoms with Crippen LogP contribution in [0.5, 0.6) is 5.75 Å². The minimum absolute atomic E-state index is 0.0870. The van der Waals surface area contributed by atoms with Crippen molar-refractivity contribution in [1.82, 2.24) is 9.88 Å². The summed E-state index contributed by atoms with van der Waals surface area (Å²) in [6, 6.07) is 13.7. The fraction of sp³-hybridized carbons (Fsp3) is 0.208. The smallest absolute Gasteiger partial charge is 0.290 e. The van der Waals surface area contributed by atoms with E-state index in [1.807, 2.05) is 37.3 Å². The highest BCUT2D eigenvalue weighted by atomic mass is 32.1. The van der Waals surface area contributed by atoms with Crippen molar-refractivity contribution in [3.63, 3.8) is 0 Å². The summed E-state index contributed by atoms with van der Waals surface area (Å²) in [6.45, 7) is 2.80. The van der Waals surface area contributed by atoms with Crippen LogP contribution < -0.4 is 4.74 Å². The molecule has 0 unspecified atom stereocenters. The maximum Gasteiger partial charge on any atom is 0.290 e. The number of nitrogens with zero attached hydrogens (tertiary/aromatic N) is 2. The van der Waals surface area contributed by atoms with Crippen molar-refractivity contribution in [2.45, 2.75) is 25.9 Å². The summed E-state index contributed by atoms with van der Waals surface area (Å²) >= 11 is 1.28. The molecule has 3 aromatic rings. The number of aliphatic hydroxyl groups excluding tert-OH is 1. The third kappa shape index (κ3) is 4.22. The van der Waals surface area contributed by atoms with Crippen LogP contribution in [0.25, 0.3) is 0 Å². The van der Waals surface area contributed by atoms with Gasteiger partial charge in [-0.05, 0) is 47.2 Å². The lowest BCUT2D eigenvalue weighted by Crippen LogP contribution is -2.30. The van der Waals surface area contributed by atoms with Crippen LogP contribution in [0.15, 0.2) is 77.6 Å². The van der Waals surface area contributed by atoms with Gasteiger partial charge < -0.3 is 14.7 Å². The first-order chi connectivity index (χ1) is 15.1. The van der Waals surface area contributed by atoms with Crippen molar-refractivity contribution in [1.29, 1.82) is 0 Å². The number of carbonyl (C=O) groups is 2. The van der Waals surface area contributed by atoms with Gasteiger partial charge in [0.15, 0.2) is 5.76 Å². The number of hydrogen-bond acceptors (Lipinski definition) is 6. The third-order valence-electron chi connectivity index (χ3n) is 5.02. The van der Waals surface area contributed by atoms with Crippen LogP contribution >= 0.6 is 11.3 Å². The van der Waals surface area contributed by atoms with Crippen LogP contribution in [0, 0.1) is 0 Å². The summed E-state index contributed by atoms with van der Waals surface area (Å²) in [5, 5.41) is 12.5. The zero-order chi connectivity index (χ0) is 21.8. The number of hydrogen-bond donors (Lipinski definition) is 1. The fourth-order valence-corrected chi connectivity index (χ4v) is 4.30. The average Bonchev–Trinajstić information content (AvgIpc) is 3.42. The van der Waals surface area contributed by atoms with Crippen molar-refractivity contribution in [2.24, 2.45) is 0 Å². The number of ketones is 1. The molecule has 6 nitrogen and oxygen atoms in total. The molecule has 2 aromatic heterocycles. The average molecular weight is 435 g/mol. The van der Waals surface area contributed by atoms with E-state index in [1.165, 1.54) is 16.2 Å². The first-order valence-corrected chi connectivity index (χ1v) is 10.9. The van der Waals surface area contributed by atoms with Crippen molar-refractivity contribution in [3.05, 3.63) is 93.6 Å². The minimum Gasteiger partial charge on any atom is -0.503 e. The number of benzene rings is 1. The highest BCUT2D eigenvalue weighted by molar-refractivity contribution is 7.12. The van der Waals surface area contributed by atoms with E-state index in [0.29, 0.717) is 22.8 Å². The Morgan fingerprint density at radius 1 is 1.23 bits per heavy atom. The van der Waals surface area contributed by atoms with E-state index >= 15 is 0 Å². The molecule has 1 aromatic carbocycles. The summed E-state index contributed by atoms with van der Waals surface area (Å²) in [6.07, 6.45) is 4.19. The molecular formula is C24H22N2O4S. The molecule has 1 N–H and O–H groups in total.